The average molecular weight is 416 g/mol. The summed E-state index contributed by atoms with van der Waals surface area (Å²) in [6, 6.07) is 7.09. The van der Waals surface area contributed by atoms with Crippen LogP contribution >= 0.6 is 24.0 Å². The van der Waals surface area contributed by atoms with Crippen LogP contribution in [0.25, 0.3) is 6.08 Å². The van der Waals surface area contributed by atoms with Crippen LogP contribution in [0, 0.1) is 6.92 Å². The summed E-state index contributed by atoms with van der Waals surface area (Å²) in [5.74, 6) is 1.47. The van der Waals surface area contributed by atoms with Gasteiger partial charge in [0.05, 0.1) is 16.7 Å². The molecule has 7 nitrogen and oxygen atoms in total. The molecule has 0 bridgehead atoms. The van der Waals surface area contributed by atoms with Gasteiger partial charge in [0.15, 0.2) is 11.5 Å². The van der Waals surface area contributed by atoms with Crippen molar-refractivity contribution in [2.24, 2.45) is 0 Å². The number of fused-ring (bicyclic) bond motifs is 1. The molecule has 28 heavy (non-hydrogen) atoms. The van der Waals surface area contributed by atoms with Crippen LogP contribution in [0.1, 0.15) is 21.7 Å². The maximum Gasteiger partial charge on any atom is 0.266 e. The van der Waals surface area contributed by atoms with Crippen molar-refractivity contribution in [1.82, 2.24) is 10.2 Å². The van der Waals surface area contributed by atoms with Crippen LogP contribution in [-0.4, -0.2) is 40.9 Å². The summed E-state index contributed by atoms with van der Waals surface area (Å²) in [6.07, 6.45) is 3.24. The zero-order valence-corrected chi connectivity index (χ0v) is 16.5. The number of carbonyl (C=O) groups excluding carboxylic acids is 2. The second-order valence-corrected chi connectivity index (χ2v) is 7.77. The summed E-state index contributed by atoms with van der Waals surface area (Å²) < 4.78 is 16.2. The Hall–Kier alpha value is -2.78. The number of hydrogen-bond donors (Lipinski definition) is 1. The molecule has 9 heteroatoms. The van der Waals surface area contributed by atoms with E-state index in [2.05, 4.69) is 5.32 Å². The normalized spacial score (nSPS) is 16.9. The van der Waals surface area contributed by atoms with Gasteiger partial charge in [-0.15, -0.1) is 0 Å². The summed E-state index contributed by atoms with van der Waals surface area (Å²) in [5.41, 5.74) is 1.31. The van der Waals surface area contributed by atoms with Crippen molar-refractivity contribution in [3.63, 3.8) is 0 Å². The Kier molecular flexibility index (Phi) is 5.10. The van der Waals surface area contributed by atoms with Crippen LogP contribution in [0.5, 0.6) is 11.5 Å². The number of carbonyl (C=O) groups is 2. The number of aryl methyl sites for hydroxylation is 1. The van der Waals surface area contributed by atoms with E-state index in [1.165, 1.54) is 22.9 Å². The first-order valence-corrected chi connectivity index (χ1v) is 9.73. The first-order chi connectivity index (χ1) is 13.5. The average Bonchev–Trinajstić information content (AvgIpc) is 3.37. The Morgan fingerprint density at radius 3 is 2.93 bits per heavy atom. The third kappa shape index (κ3) is 3.63. The molecule has 1 aromatic carbocycles. The second kappa shape index (κ2) is 7.69. The van der Waals surface area contributed by atoms with Crippen molar-refractivity contribution in [3.05, 3.63) is 52.3 Å². The van der Waals surface area contributed by atoms with E-state index in [4.69, 9.17) is 26.1 Å². The number of hydrogen-bond acceptors (Lipinski definition) is 7. The Morgan fingerprint density at radius 1 is 1.32 bits per heavy atom. The van der Waals surface area contributed by atoms with Crippen molar-refractivity contribution in [2.75, 3.05) is 19.9 Å². The van der Waals surface area contributed by atoms with Gasteiger partial charge in [0.1, 0.15) is 10.1 Å². The molecular weight excluding hydrogens is 400 g/mol. The lowest BCUT2D eigenvalue weighted by Crippen LogP contribution is -2.37. The minimum atomic E-state index is -0.243. The second-order valence-electron chi connectivity index (χ2n) is 6.09. The van der Waals surface area contributed by atoms with Crippen LogP contribution in [0.4, 0.5) is 0 Å². The molecule has 144 valence electrons. The highest BCUT2D eigenvalue weighted by atomic mass is 32.2. The summed E-state index contributed by atoms with van der Waals surface area (Å²) in [5, 5.41) is 2.78. The molecule has 1 fully saturated rings. The quantitative estimate of drug-likeness (QED) is 0.593. The van der Waals surface area contributed by atoms with Gasteiger partial charge < -0.3 is 19.2 Å². The highest BCUT2D eigenvalue weighted by Gasteiger charge is 2.31. The zero-order chi connectivity index (χ0) is 19.7. The number of thioether (sulfide) groups is 1. The minimum absolute atomic E-state index is 0.179. The lowest BCUT2D eigenvalue weighted by atomic mass is 10.2. The van der Waals surface area contributed by atoms with Crippen LogP contribution in [0.3, 0.4) is 0 Å². The lowest BCUT2D eigenvalue weighted by Gasteiger charge is -2.14. The number of furan rings is 1. The lowest BCUT2D eigenvalue weighted by molar-refractivity contribution is -0.122. The molecule has 1 saturated heterocycles. The highest BCUT2D eigenvalue weighted by molar-refractivity contribution is 8.26. The number of thiocarbonyl (C=S) groups is 1. The first-order valence-electron chi connectivity index (χ1n) is 8.50. The number of amides is 2. The molecule has 3 heterocycles. The number of rotatable bonds is 5. The largest absolute Gasteiger partial charge is 0.469 e. The Morgan fingerprint density at radius 2 is 2.14 bits per heavy atom. The number of benzene rings is 1. The predicted molar refractivity (Wildman–Crippen MR) is 108 cm³/mol. The van der Waals surface area contributed by atoms with Gasteiger partial charge in [0.25, 0.3) is 11.8 Å². The molecular formula is C19H16N2O5S2. The van der Waals surface area contributed by atoms with Gasteiger partial charge in [-0.25, -0.2) is 0 Å². The van der Waals surface area contributed by atoms with Gasteiger partial charge >= 0.3 is 0 Å². The first kappa shape index (κ1) is 18.6. The van der Waals surface area contributed by atoms with Crippen molar-refractivity contribution < 1.29 is 23.5 Å². The van der Waals surface area contributed by atoms with E-state index in [1.807, 2.05) is 18.2 Å². The van der Waals surface area contributed by atoms with Gasteiger partial charge in [-0.3, -0.25) is 14.5 Å². The smallest absolute Gasteiger partial charge is 0.266 e. The maximum atomic E-state index is 12.7. The SMILES string of the molecule is Cc1occc1C(=O)NCCN1C(=O)C(=Cc2ccc3c(c2)OCO3)SC1=S. The number of nitrogens with zero attached hydrogens (tertiary/aromatic N) is 1. The molecule has 2 aliphatic heterocycles. The molecule has 1 aromatic heterocycles. The fourth-order valence-corrected chi connectivity index (χ4v) is 4.15. The number of ether oxygens (including phenoxy) is 2. The third-order valence-corrected chi connectivity index (χ3v) is 5.67. The van der Waals surface area contributed by atoms with Crippen LogP contribution in [0.2, 0.25) is 0 Å². The molecule has 0 saturated carbocycles. The molecule has 1 N–H and O–H groups in total. The molecule has 0 aliphatic carbocycles. The van der Waals surface area contributed by atoms with Crippen LogP contribution in [-0.2, 0) is 4.79 Å². The van der Waals surface area contributed by atoms with E-state index in [0.29, 0.717) is 38.6 Å². The van der Waals surface area contributed by atoms with Crippen LogP contribution in [0.15, 0.2) is 39.9 Å². The van der Waals surface area contributed by atoms with E-state index >= 15 is 0 Å². The minimum Gasteiger partial charge on any atom is -0.469 e. The summed E-state index contributed by atoms with van der Waals surface area (Å²) >= 11 is 6.56. The van der Waals surface area contributed by atoms with Gasteiger partial charge in [-0.05, 0) is 36.8 Å². The van der Waals surface area contributed by atoms with E-state index in [0.717, 1.165) is 5.56 Å². The Bertz CT molecular complexity index is 998. The van der Waals surface area contributed by atoms with Crippen molar-refractivity contribution in [3.8, 4) is 11.5 Å². The summed E-state index contributed by atoms with van der Waals surface area (Å²) in [4.78, 5) is 26.8. The van der Waals surface area contributed by atoms with Crippen molar-refractivity contribution in [1.29, 1.82) is 0 Å². The molecule has 4 rings (SSSR count). The standard InChI is InChI=1S/C19H16N2O5S2/c1-11-13(4-7-24-11)17(22)20-5-6-21-18(23)16(28-19(21)27)9-12-2-3-14-15(8-12)26-10-25-14/h2-4,7-9H,5-6,10H2,1H3,(H,20,22). The maximum absolute atomic E-state index is 12.7. The van der Waals surface area contributed by atoms with Crippen molar-refractivity contribution in [2.45, 2.75) is 6.92 Å². The van der Waals surface area contributed by atoms with Gasteiger partial charge in [0.2, 0.25) is 6.79 Å². The van der Waals surface area contributed by atoms with Gasteiger partial charge in [-0.2, -0.15) is 0 Å². The molecule has 2 amide bonds. The Labute approximate surface area is 170 Å². The third-order valence-electron chi connectivity index (χ3n) is 4.29. The van der Waals surface area contributed by atoms with Crippen molar-refractivity contribution >= 4 is 46.2 Å². The zero-order valence-electron chi connectivity index (χ0n) is 14.9. The van der Waals surface area contributed by atoms with Crippen LogP contribution < -0.4 is 14.8 Å². The molecule has 0 atom stereocenters. The molecule has 0 radical (unpaired) electrons. The highest BCUT2D eigenvalue weighted by Crippen LogP contribution is 2.36. The van der Waals surface area contributed by atoms with Gasteiger partial charge in [0, 0.05) is 13.1 Å². The van der Waals surface area contributed by atoms with E-state index in [9.17, 15) is 9.59 Å². The fraction of sp³-hybridized carbons (Fsp3) is 0.211. The molecule has 0 spiro atoms. The molecule has 2 aromatic rings. The molecule has 0 unspecified atom stereocenters. The van der Waals surface area contributed by atoms with Gasteiger partial charge in [-0.1, -0.05) is 30.0 Å². The summed E-state index contributed by atoms with van der Waals surface area (Å²) in [7, 11) is 0. The topological polar surface area (TPSA) is 81.0 Å². The van der Waals surface area contributed by atoms with E-state index in [1.54, 1.807) is 19.1 Å². The monoisotopic (exact) mass is 416 g/mol. The fourth-order valence-electron chi connectivity index (χ4n) is 2.84. The summed E-state index contributed by atoms with van der Waals surface area (Å²) in [6.45, 7) is 2.50. The van der Waals surface area contributed by atoms with E-state index < -0.39 is 0 Å². The predicted octanol–water partition coefficient (Wildman–Crippen LogP) is 2.95. The number of nitrogens with one attached hydrogen (secondary N) is 1. The molecule has 2 aliphatic rings. The van der Waals surface area contributed by atoms with E-state index in [-0.39, 0.29) is 25.2 Å². The Balaban J connectivity index is 1.38.